The Morgan fingerprint density at radius 1 is 0.950 bits per heavy atom. The smallest absolute Gasteiger partial charge is 0.0121 e. The van der Waals surface area contributed by atoms with Crippen LogP contribution in [0.3, 0.4) is 0 Å². The second-order valence-electron chi connectivity index (χ2n) is 7.19. The summed E-state index contributed by atoms with van der Waals surface area (Å²) >= 11 is 0. The van der Waals surface area contributed by atoms with Gasteiger partial charge in [-0.1, -0.05) is 0 Å². The van der Waals surface area contributed by atoms with Crippen LogP contribution >= 0.6 is 0 Å². The van der Waals surface area contributed by atoms with Gasteiger partial charge < -0.3 is 15.1 Å². The van der Waals surface area contributed by atoms with E-state index in [1.807, 2.05) is 0 Å². The number of nitrogens with zero attached hydrogens (tertiary/aromatic N) is 3. The predicted octanol–water partition coefficient (Wildman–Crippen LogP) is 0.696. The predicted molar refractivity (Wildman–Crippen MR) is 84.1 cm³/mol. The van der Waals surface area contributed by atoms with Crippen LogP contribution in [-0.4, -0.2) is 86.7 Å². The summed E-state index contributed by atoms with van der Waals surface area (Å²) in [6.07, 6.45) is 5.54. The Kier molecular flexibility index (Phi) is 4.97. The third-order valence-electron chi connectivity index (χ3n) is 5.77. The van der Waals surface area contributed by atoms with Gasteiger partial charge in [0.15, 0.2) is 0 Å². The normalized spacial score (nSPS) is 35.1. The molecule has 20 heavy (non-hydrogen) atoms. The van der Waals surface area contributed by atoms with Gasteiger partial charge in [0.25, 0.3) is 0 Å². The lowest BCUT2D eigenvalue weighted by Gasteiger charge is -2.44. The van der Waals surface area contributed by atoms with E-state index in [9.17, 15) is 0 Å². The molecule has 0 amide bonds. The fourth-order valence-corrected chi connectivity index (χ4v) is 4.16. The SMILES string of the molecule is CNC1CC(CN2CCN(C3CCN(C)CC3)CC2)C1. The van der Waals surface area contributed by atoms with Crippen LogP contribution in [0.5, 0.6) is 0 Å². The molecule has 1 aliphatic carbocycles. The molecular formula is C16H32N4. The van der Waals surface area contributed by atoms with Crippen molar-refractivity contribution in [3.8, 4) is 0 Å². The number of nitrogens with one attached hydrogen (secondary N) is 1. The van der Waals surface area contributed by atoms with E-state index in [1.54, 1.807) is 0 Å². The van der Waals surface area contributed by atoms with Crippen LogP contribution in [0.2, 0.25) is 0 Å². The van der Waals surface area contributed by atoms with E-state index in [-0.39, 0.29) is 0 Å². The lowest BCUT2D eigenvalue weighted by atomic mass is 9.80. The van der Waals surface area contributed by atoms with E-state index in [1.165, 1.54) is 71.5 Å². The van der Waals surface area contributed by atoms with Crippen LogP contribution < -0.4 is 5.32 Å². The average molecular weight is 280 g/mol. The fraction of sp³-hybridized carbons (Fsp3) is 1.00. The standard InChI is InChI=1S/C16H32N4/c1-17-15-11-14(12-15)13-19-7-9-20(10-8-19)16-3-5-18(2)6-4-16/h14-17H,3-13H2,1-2H3. The van der Waals surface area contributed by atoms with Gasteiger partial charge in [0.2, 0.25) is 0 Å². The Hall–Kier alpha value is -0.160. The topological polar surface area (TPSA) is 21.8 Å². The summed E-state index contributed by atoms with van der Waals surface area (Å²) in [5.74, 6) is 0.960. The third-order valence-corrected chi connectivity index (χ3v) is 5.77. The quantitative estimate of drug-likeness (QED) is 0.818. The molecule has 0 atom stereocenters. The summed E-state index contributed by atoms with van der Waals surface area (Å²) in [5, 5.41) is 3.39. The van der Waals surface area contributed by atoms with E-state index in [0.29, 0.717) is 0 Å². The van der Waals surface area contributed by atoms with Gasteiger partial charge in [0.1, 0.15) is 0 Å². The van der Waals surface area contributed by atoms with E-state index < -0.39 is 0 Å². The molecule has 3 aliphatic rings. The highest BCUT2D eigenvalue weighted by atomic mass is 15.3. The summed E-state index contributed by atoms with van der Waals surface area (Å²) in [6.45, 7) is 9.13. The molecule has 1 N–H and O–H groups in total. The van der Waals surface area contributed by atoms with Gasteiger partial charge in [0, 0.05) is 44.8 Å². The molecule has 1 saturated carbocycles. The van der Waals surface area contributed by atoms with Crippen molar-refractivity contribution in [2.75, 3.05) is 59.9 Å². The van der Waals surface area contributed by atoms with Gasteiger partial charge in [0.05, 0.1) is 0 Å². The summed E-state index contributed by atoms with van der Waals surface area (Å²) < 4.78 is 0. The first-order chi connectivity index (χ1) is 9.74. The summed E-state index contributed by atoms with van der Waals surface area (Å²) in [5.41, 5.74) is 0. The number of piperidine rings is 1. The van der Waals surface area contributed by atoms with Gasteiger partial charge in [-0.15, -0.1) is 0 Å². The molecule has 0 unspecified atom stereocenters. The minimum atomic E-state index is 0.806. The molecule has 2 saturated heterocycles. The van der Waals surface area contributed by atoms with Crippen LogP contribution in [0.25, 0.3) is 0 Å². The maximum atomic E-state index is 3.39. The van der Waals surface area contributed by atoms with E-state index >= 15 is 0 Å². The molecule has 4 nitrogen and oxygen atoms in total. The first-order valence-electron chi connectivity index (χ1n) is 8.57. The number of hydrogen-bond acceptors (Lipinski definition) is 4. The van der Waals surface area contributed by atoms with Gasteiger partial charge in [-0.3, -0.25) is 4.90 Å². The molecule has 2 aliphatic heterocycles. The molecule has 4 heteroatoms. The van der Waals surface area contributed by atoms with Crippen LogP contribution in [0, 0.1) is 5.92 Å². The molecule has 0 bridgehead atoms. The van der Waals surface area contributed by atoms with Gasteiger partial charge in [-0.2, -0.15) is 0 Å². The lowest BCUT2D eigenvalue weighted by Crippen LogP contribution is -2.54. The van der Waals surface area contributed by atoms with Crippen molar-refractivity contribution in [2.24, 2.45) is 5.92 Å². The second-order valence-corrected chi connectivity index (χ2v) is 7.19. The summed E-state index contributed by atoms with van der Waals surface area (Å²) in [7, 11) is 4.35. The van der Waals surface area contributed by atoms with Crippen molar-refractivity contribution >= 4 is 0 Å². The Labute approximate surface area is 124 Å². The molecule has 3 fully saturated rings. The molecule has 0 spiro atoms. The average Bonchev–Trinajstić information content (AvgIpc) is 2.44. The van der Waals surface area contributed by atoms with Crippen molar-refractivity contribution in [3.05, 3.63) is 0 Å². The highest BCUT2D eigenvalue weighted by molar-refractivity contribution is 4.88. The van der Waals surface area contributed by atoms with E-state index in [2.05, 4.69) is 34.1 Å². The first-order valence-corrected chi connectivity index (χ1v) is 8.57. The Morgan fingerprint density at radius 3 is 2.20 bits per heavy atom. The zero-order chi connectivity index (χ0) is 13.9. The first kappa shape index (κ1) is 14.8. The Morgan fingerprint density at radius 2 is 1.60 bits per heavy atom. The zero-order valence-corrected chi connectivity index (χ0v) is 13.4. The highest BCUT2D eigenvalue weighted by Crippen LogP contribution is 2.28. The number of hydrogen-bond donors (Lipinski definition) is 1. The zero-order valence-electron chi connectivity index (χ0n) is 13.4. The van der Waals surface area contributed by atoms with Crippen LogP contribution in [0.15, 0.2) is 0 Å². The molecule has 0 aromatic heterocycles. The summed E-state index contributed by atoms with van der Waals surface area (Å²) in [4.78, 5) is 7.95. The minimum Gasteiger partial charge on any atom is -0.317 e. The van der Waals surface area contributed by atoms with Crippen LogP contribution in [-0.2, 0) is 0 Å². The molecule has 0 aromatic carbocycles. The van der Waals surface area contributed by atoms with Gasteiger partial charge >= 0.3 is 0 Å². The largest absolute Gasteiger partial charge is 0.317 e. The van der Waals surface area contributed by atoms with Crippen molar-refractivity contribution in [3.63, 3.8) is 0 Å². The minimum absolute atomic E-state index is 0.806. The second kappa shape index (κ2) is 6.73. The highest BCUT2D eigenvalue weighted by Gasteiger charge is 2.31. The summed E-state index contributed by atoms with van der Waals surface area (Å²) in [6, 6.07) is 1.67. The Bertz CT molecular complexity index is 287. The van der Waals surface area contributed by atoms with Crippen LogP contribution in [0.4, 0.5) is 0 Å². The van der Waals surface area contributed by atoms with E-state index in [0.717, 1.165) is 18.0 Å². The Balaban J connectivity index is 1.35. The number of piperazine rings is 1. The van der Waals surface area contributed by atoms with E-state index in [4.69, 9.17) is 0 Å². The molecule has 0 radical (unpaired) electrons. The molecule has 2 heterocycles. The van der Waals surface area contributed by atoms with Gasteiger partial charge in [-0.25, -0.2) is 0 Å². The maximum absolute atomic E-state index is 3.39. The molecule has 0 aromatic rings. The van der Waals surface area contributed by atoms with Gasteiger partial charge in [-0.05, 0) is 58.8 Å². The maximum Gasteiger partial charge on any atom is 0.0121 e. The molecular weight excluding hydrogens is 248 g/mol. The number of likely N-dealkylation sites (tertiary alicyclic amines) is 1. The fourth-order valence-electron chi connectivity index (χ4n) is 4.16. The van der Waals surface area contributed by atoms with Crippen molar-refractivity contribution in [1.29, 1.82) is 0 Å². The molecule has 3 rings (SSSR count). The number of rotatable bonds is 4. The van der Waals surface area contributed by atoms with Crippen molar-refractivity contribution in [1.82, 2.24) is 20.0 Å². The lowest BCUT2D eigenvalue weighted by molar-refractivity contribution is 0.0478. The van der Waals surface area contributed by atoms with Crippen LogP contribution in [0.1, 0.15) is 25.7 Å². The van der Waals surface area contributed by atoms with Crippen molar-refractivity contribution in [2.45, 2.75) is 37.8 Å². The molecule has 116 valence electrons. The monoisotopic (exact) mass is 280 g/mol. The third kappa shape index (κ3) is 3.53. The van der Waals surface area contributed by atoms with Crippen molar-refractivity contribution < 1.29 is 0 Å².